The molecular weight excluding hydrogens is 331 g/mol. The second-order valence-corrected chi connectivity index (χ2v) is 5.84. The van der Waals surface area contributed by atoms with Crippen molar-refractivity contribution in [3.63, 3.8) is 0 Å². The molecule has 0 atom stereocenters. The Balaban J connectivity index is 2.15. The first kappa shape index (κ1) is 12.9. The van der Waals surface area contributed by atoms with Crippen LogP contribution in [0.5, 0.6) is 5.75 Å². The molecule has 1 aromatic heterocycles. The van der Waals surface area contributed by atoms with Crippen LogP contribution in [0.25, 0.3) is 5.69 Å². The van der Waals surface area contributed by atoms with E-state index in [1.54, 1.807) is 6.07 Å². The normalized spacial score (nSPS) is 14.7. The van der Waals surface area contributed by atoms with E-state index in [-0.39, 0.29) is 5.82 Å². The van der Waals surface area contributed by atoms with Crippen LogP contribution in [-0.4, -0.2) is 16.7 Å². The molecule has 3 rings (SSSR count). The summed E-state index contributed by atoms with van der Waals surface area (Å²) in [6.07, 6.45) is 4.36. The first-order valence-electron chi connectivity index (χ1n) is 5.95. The number of ether oxygens (including phenoxy) is 1. The summed E-state index contributed by atoms with van der Waals surface area (Å²) in [5.41, 5.74) is 1.86. The maximum absolute atomic E-state index is 13.5. The van der Waals surface area contributed by atoms with Crippen LogP contribution >= 0.6 is 28.1 Å². The van der Waals surface area contributed by atoms with Gasteiger partial charge in [-0.1, -0.05) is 0 Å². The number of benzene rings is 1. The minimum absolute atomic E-state index is 0.356. The van der Waals surface area contributed by atoms with Crippen molar-refractivity contribution in [2.45, 2.75) is 18.8 Å². The highest BCUT2D eigenvalue weighted by molar-refractivity contribution is 9.10. The Morgan fingerprint density at radius 3 is 2.84 bits per heavy atom. The Kier molecular flexibility index (Phi) is 3.22. The second kappa shape index (κ2) is 4.76. The number of hydrogen-bond donors (Lipinski definition) is 1. The number of aromatic amines is 1. The third-order valence-electron chi connectivity index (χ3n) is 3.24. The number of nitrogens with one attached hydrogen (secondary N) is 1. The molecule has 0 bridgehead atoms. The molecule has 1 N–H and O–H groups in total. The predicted octanol–water partition coefficient (Wildman–Crippen LogP) is 4.32. The first-order valence-corrected chi connectivity index (χ1v) is 7.15. The summed E-state index contributed by atoms with van der Waals surface area (Å²) in [6, 6.07) is 3.03. The lowest BCUT2D eigenvalue weighted by Gasteiger charge is -2.10. The summed E-state index contributed by atoms with van der Waals surface area (Å²) in [4.78, 5) is 3.20. The molecule has 100 valence electrons. The lowest BCUT2D eigenvalue weighted by molar-refractivity contribution is 0.409. The zero-order valence-electron chi connectivity index (χ0n) is 10.2. The van der Waals surface area contributed by atoms with Crippen LogP contribution < -0.4 is 4.74 Å². The van der Waals surface area contributed by atoms with Crippen LogP contribution in [-0.2, 0) is 0 Å². The average Bonchev–Trinajstić information content (AvgIpc) is 3.16. The Morgan fingerprint density at radius 2 is 2.21 bits per heavy atom. The van der Waals surface area contributed by atoms with Crippen molar-refractivity contribution in [3.05, 3.63) is 39.1 Å². The van der Waals surface area contributed by atoms with Crippen LogP contribution in [0.3, 0.4) is 0 Å². The third-order valence-corrected chi connectivity index (χ3v) is 4.14. The zero-order valence-corrected chi connectivity index (χ0v) is 12.6. The van der Waals surface area contributed by atoms with Crippen LogP contribution in [0.15, 0.2) is 22.8 Å². The van der Waals surface area contributed by atoms with Crippen molar-refractivity contribution in [2.75, 3.05) is 7.11 Å². The minimum Gasteiger partial charge on any atom is -0.494 e. The topological polar surface area (TPSA) is 29.9 Å². The molecule has 1 aromatic carbocycles. The van der Waals surface area contributed by atoms with Gasteiger partial charge in [-0.2, -0.15) is 0 Å². The van der Waals surface area contributed by atoms with Crippen LogP contribution in [0.4, 0.5) is 4.39 Å². The van der Waals surface area contributed by atoms with Crippen molar-refractivity contribution in [1.29, 1.82) is 0 Å². The van der Waals surface area contributed by atoms with Crippen molar-refractivity contribution < 1.29 is 9.13 Å². The van der Waals surface area contributed by atoms with Crippen molar-refractivity contribution in [1.82, 2.24) is 9.55 Å². The number of halogens is 2. The van der Waals surface area contributed by atoms with E-state index in [1.165, 1.54) is 26.0 Å². The van der Waals surface area contributed by atoms with Crippen molar-refractivity contribution in [2.24, 2.45) is 0 Å². The SMILES string of the molecule is COc1cc(F)c(Br)cc1-n1cc(C2CC2)[nH]c1=S. The highest BCUT2D eigenvalue weighted by Crippen LogP contribution is 2.40. The molecule has 2 aromatic rings. The van der Waals surface area contributed by atoms with Gasteiger partial charge in [0.2, 0.25) is 0 Å². The second-order valence-electron chi connectivity index (χ2n) is 4.60. The number of methoxy groups -OCH3 is 1. The molecule has 1 saturated carbocycles. The Hall–Kier alpha value is -1.14. The summed E-state index contributed by atoms with van der Waals surface area (Å²) < 4.78 is 21.6. The van der Waals surface area contributed by atoms with Gasteiger partial charge in [-0.3, -0.25) is 4.57 Å². The van der Waals surface area contributed by atoms with E-state index >= 15 is 0 Å². The molecule has 1 heterocycles. The number of nitrogens with zero attached hydrogens (tertiary/aromatic N) is 1. The van der Waals surface area contributed by atoms with Crippen LogP contribution in [0, 0.1) is 10.6 Å². The van der Waals surface area contributed by atoms with Gasteiger partial charge < -0.3 is 9.72 Å². The molecular formula is C13H12BrFN2OS. The smallest absolute Gasteiger partial charge is 0.182 e. The Morgan fingerprint density at radius 1 is 1.47 bits per heavy atom. The van der Waals surface area contributed by atoms with Gasteiger partial charge in [0, 0.05) is 23.9 Å². The van der Waals surface area contributed by atoms with Gasteiger partial charge in [-0.15, -0.1) is 0 Å². The molecule has 19 heavy (non-hydrogen) atoms. The summed E-state index contributed by atoms with van der Waals surface area (Å²) in [7, 11) is 1.52. The molecule has 3 nitrogen and oxygen atoms in total. The summed E-state index contributed by atoms with van der Waals surface area (Å²) in [5, 5.41) is 0. The zero-order chi connectivity index (χ0) is 13.6. The molecule has 0 radical (unpaired) electrons. The van der Waals surface area contributed by atoms with E-state index in [9.17, 15) is 4.39 Å². The molecule has 0 unspecified atom stereocenters. The van der Waals surface area contributed by atoms with Gasteiger partial charge >= 0.3 is 0 Å². The van der Waals surface area contributed by atoms with Crippen molar-refractivity contribution in [3.8, 4) is 11.4 Å². The van der Waals surface area contributed by atoms with E-state index in [0.29, 0.717) is 20.9 Å². The Bertz CT molecular complexity index is 690. The van der Waals surface area contributed by atoms with E-state index < -0.39 is 0 Å². The molecule has 1 aliphatic rings. The van der Waals surface area contributed by atoms with Crippen LogP contribution in [0.1, 0.15) is 24.5 Å². The first-order chi connectivity index (χ1) is 9.10. The number of imidazole rings is 1. The summed E-state index contributed by atoms with van der Waals surface area (Å²) >= 11 is 8.52. The fraction of sp³-hybridized carbons (Fsp3) is 0.308. The largest absolute Gasteiger partial charge is 0.494 e. The number of H-pyrrole nitrogens is 1. The molecule has 0 amide bonds. The van der Waals surface area contributed by atoms with E-state index in [0.717, 1.165) is 11.4 Å². The van der Waals surface area contributed by atoms with E-state index in [1.807, 2.05) is 10.8 Å². The standard InChI is InChI=1S/C13H12BrFN2OS/c1-18-12-5-9(15)8(14)4-11(12)17-6-10(7-2-3-7)16-13(17)19/h4-7H,2-3H2,1H3,(H,16,19). The van der Waals surface area contributed by atoms with Gasteiger partial charge in [-0.25, -0.2) is 4.39 Å². The number of hydrogen-bond acceptors (Lipinski definition) is 2. The Labute approximate surface area is 123 Å². The fourth-order valence-electron chi connectivity index (χ4n) is 2.06. The van der Waals surface area contributed by atoms with Gasteiger partial charge in [0.1, 0.15) is 11.6 Å². The maximum Gasteiger partial charge on any atom is 0.182 e. The average molecular weight is 343 g/mol. The number of rotatable bonds is 3. The fourth-order valence-corrected chi connectivity index (χ4v) is 2.66. The highest BCUT2D eigenvalue weighted by Gasteiger charge is 2.26. The highest BCUT2D eigenvalue weighted by atomic mass is 79.9. The lowest BCUT2D eigenvalue weighted by Crippen LogP contribution is -1.98. The van der Waals surface area contributed by atoms with E-state index in [2.05, 4.69) is 20.9 Å². The quantitative estimate of drug-likeness (QED) is 0.841. The monoisotopic (exact) mass is 342 g/mol. The molecule has 0 spiro atoms. The van der Waals surface area contributed by atoms with Gasteiger partial charge in [-0.05, 0) is 47.1 Å². The van der Waals surface area contributed by atoms with Crippen molar-refractivity contribution >= 4 is 28.1 Å². The summed E-state index contributed by atoms with van der Waals surface area (Å²) in [5.74, 6) is 0.682. The maximum atomic E-state index is 13.5. The molecule has 1 aliphatic carbocycles. The predicted molar refractivity (Wildman–Crippen MR) is 77.1 cm³/mol. The summed E-state index contributed by atoms with van der Waals surface area (Å²) in [6.45, 7) is 0. The van der Waals surface area contributed by atoms with Gasteiger partial charge in [0.05, 0.1) is 17.3 Å². The third kappa shape index (κ3) is 2.34. The van der Waals surface area contributed by atoms with E-state index in [4.69, 9.17) is 17.0 Å². The lowest BCUT2D eigenvalue weighted by atomic mass is 10.2. The van der Waals surface area contributed by atoms with Gasteiger partial charge in [0.15, 0.2) is 4.77 Å². The number of aromatic nitrogens is 2. The molecule has 6 heteroatoms. The molecule has 1 fully saturated rings. The van der Waals surface area contributed by atoms with Crippen LogP contribution in [0.2, 0.25) is 0 Å². The van der Waals surface area contributed by atoms with Gasteiger partial charge in [0.25, 0.3) is 0 Å². The minimum atomic E-state index is -0.356. The molecule has 0 saturated heterocycles. The molecule has 0 aliphatic heterocycles.